The number of aryl methyl sites for hydroxylation is 2. The first-order chi connectivity index (χ1) is 11.1. The van der Waals surface area contributed by atoms with E-state index >= 15 is 0 Å². The summed E-state index contributed by atoms with van der Waals surface area (Å²) in [4.78, 5) is 29.0. The van der Waals surface area contributed by atoms with Crippen molar-refractivity contribution in [2.75, 3.05) is 31.1 Å². The summed E-state index contributed by atoms with van der Waals surface area (Å²) in [6.45, 7) is 4.89. The molecule has 2 aliphatic rings. The lowest BCUT2D eigenvalue weighted by atomic mass is 10.2. The van der Waals surface area contributed by atoms with Gasteiger partial charge in [-0.1, -0.05) is 0 Å². The van der Waals surface area contributed by atoms with Crippen LogP contribution in [0.15, 0.2) is 12.4 Å². The summed E-state index contributed by atoms with van der Waals surface area (Å²) in [5, 5.41) is 4.21. The second-order valence-electron chi connectivity index (χ2n) is 6.21. The molecule has 6 nitrogen and oxygen atoms in total. The summed E-state index contributed by atoms with van der Waals surface area (Å²) in [7, 11) is 0. The molecule has 3 heterocycles. The molecule has 7 heteroatoms. The van der Waals surface area contributed by atoms with Crippen LogP contribution in [-0.2, 0) is 16.1 Å². The van der Waals surface area contributed by atoms with Crippen molar-refractivity contribution in [3.63, 3.8) is 0 Å². The zero-order chi connectivity index (χ0) is 16.2. The predicted molar refractivity (Wildman–Crippen MR) is 90.2 cm³/mol. The number of carbonyl (C=O) groups is 2. The summed E-state index contributed by atoms with van der Waals surface area (Å²) in [6.07, 6.45) is 5.85. The minimum absolute atomic E-state index is 0.0698. The van der Waals surface area contributed by atoms with Gasteiger partial charge in [-0.15, -0.1) is 0 Å². The number of carbonyl (C=O) groups excluding carboxylic acids is 2. The standard InChI is InChI=1S/C16H24N4O2S/c1-13-11-17-19(12-13)6-4-15(21)20-5-2-3-14(20)16(22)18-7-9-23-10-8-18/h11-12,14H,2-10H2,1H3/t14-/m0/s1. The van der Waals surface area contributed by atoms with Crippen LogP contribution in [0.4, 0.5) is 0 Å². The van der Waals surface area contributed by atoms with E-state index in [2.05, 4.69) is 5.10 Å². The molecular weight excluding hydrogens is 312 g/mol. The van der Waals surface area contributed by atoms with Gasteiger partial charge < -0.3 is 9.80 Å². The third-order valence-electron chi connectivity index (χ3n) is 4.50. The monoisotopic (exact) mass is 336 g/mol. The third-order valence-corrected chi connectivity index (χ3v) is 5.44. The van der Waals surface area contributed by atoms with Gasteiger partial charge in [-0.2, -0.15) is 16.9 Å². The summed E-state index contributed by atoms with van der Waals surface area (Å²) < 4.78 is 1.79. The molecule has 0 aliphatic carbocycles. The average molecular weight is 336 g/mol. The van der Waals surface area contributed by atoms with E-state index in [1.807, 2.05) is 29.8 Å². The summed E-state index contributed by atoms with van der Waals surface area (Å²) in [6, 6.07) is -0.245. The number of thioether (sulfide) groups is 1. The van der Waals surface area contributed by atoms with E-state index in [4.69, 9.17) is 0 Å². The number of hydrogen-bond donors (Lipinski definition) is 0. The Labute approximate surface area is 141 Å². The highest BCUT2D eigenvalue weighted by Crippen LogP contribution is 2.22. The van der Waals surface area contributed by atoms with E-state index in [-0.39, 0.29) is 17.9 Å². The first-order valence-corrected chi connectivity index (χ1v) is 9.45. The molecule has 0 bridgehead atoms. The molecule has 2 aliphatic heterocycles. The number of aromatic nitrogens is 2. The lowest BCUT2D eigenvalue weighted by Gasteiger charge is -2.32. The van der Waals surface area contributed by atoms with Crippen molar-refractivity contribution in [1.82, 2.24) is 19.6 Å². The summed E-state index contributed by atoms with van der Waals surface area (Å²) >= 11 is 1.89. The molecule has 23 heavy (non-hydrogen) atoms. The highest BCUT2D eigenvalue weighted by molar-refractivity contribution is 7.99. The molecule has 1 atom stereocenters. The maximum Gasteiger partial charge on any atom is 0.245 e. The normalized spacial score (nSPS) is 21.7. The first-order valence-electron chi connectivity index (χ1n) is 8.30. The highest BCUT2D eigenvalue weighted by Gasteiger charge is 2.36. The zero-order valence-electron chi connectivity index (χ0n) is 13.6. The number of nitrogens with zero attached hydrogens (tertiary/aromatic N) is 4. The van der Waals surface area contributed by atoms with E-state index in [0.29, 0.717) is 19.5 Å². The van der Waals surface area contributed by atoms with Gasteiger partial charge in [0.1, 0.15) is 6.04 Å². The summed E-state index contributed by atoms with van der Waals surface area (Å²) in [5.41, 5.74) is 1.09. The van der Waals surface area contributed by atoms with Crippen LogP contribution in [0.2, 0.25) is 0 Å². The molecule has 0 spiro atoms. The minimum atomic E-state index is -0.245. The fourth-order valence-electron chi connectivity index (χ4n) is 3.26. The minimum Gasteiger partial charge on any atom is -0.339 e. The lowest BCUT2D eigenvalue weighted by molar-refractivity contribution is -0.143. The van der Waals surface area contributed by atoms with Crippen molar-refractivity contribution < 1.29 is 9.59 Å². The van der Waals surface area contributed by atoms with Gasteiger partial charge >= 0.3 is 0 Å². The first kappa shape index (κ1) is 16.4. The van der Waals surface area contributed by atoms with Gasteiger partial charge in [0.2, 0.25) is 11.8 Å². The van der Waals surface area contributed by atoms with Crippen molar-refractivity contribution in [3.8, 4) is 0 Å². The molecule has 2 amide bonds. The molecule has 0 N–H and O–H groups in total. The van der Waals surface area contributed by atoms with Gasteiger partial charge in [-0.25, -0.2) is 0 Å². The molecule has 2 saturated heterocycles. The second-order valence-corrected chi connectivity index (χ2v) is 7.44. The van der Waals surface area contributed by atoms with Crippen LogP contribution in [0.25, 0.3) is 0 Å². The van der Waals surface area contributed by atoms with Gasteiger partial charge in [0.05, 0.1) is 6.20 Å². The van der Waals surface area contributed by atoms with E-state index in [0.717, 1.165) is 43.0 Å². The number of hydrogen-bond acceptors (Lipinski definition) is 4. The molecule has 2 fully saturated rings. The van der Waals surface area contributed by atoms with Gasteiger partial charge in [0.15, 0.2) is 0 Å². The fourth-order valence-corrected chi connectivity index (χ4v) is 4.16. The number of amides is 2. The Morgan fingerprint density at radius 3 is 2.78 bits per heavy atom. The topological polar surface area (TPSA) is 58.4 Å². The van der Waals surface area contributed by atoms with E-state index in [1.165, 1.54) is 0 Å². The largest absolute Gasteiger partial charge is 0.339 e. The van der Waals surface area contributed by atoms with Gasteiger partial charge in [0.25, 0.3) is 0 Å². The van der Waals surface area contributed by atoms with Crippen LogP contribution in [-0.4, -0.2) is 68.6 Å². The fraction of sp³-hybridized carbons (Fsp3) is 0.688. The Kier molecular flexibility index (Phi) is 5.25. The van der Waals surface area contributed by atoms with Gasteiger partial charge in [0, 0.05) is 50.3 Å². The number of likely N-dealkylation sites (tertiary alicyclic amines) is 1. The van der Waals surface area contributed by atoms with E-state index in [1.54, 1.807) is 15.8 Å². The molecular formula is C16H24N4O2S. The smallest absolute Gasteiger partial charge is 0.245 e. The van der Waals surface area contributed by atoms with Gasteiger partial charge in [-0.05, 0) is 25.3 Å². The van der Waals surface area contributed by atoms with Crippen molar-refractivity contribution in [1.29, 1.82) is 0 Å². The van der Waals surface area contributed by atoms with E-state index < -0.39 is 0 Å². The van der Waals surface area contributed by atoms with Crippen molar-refractivity contribution in [2.24, 2.45) is 0 Å². The van der Waals surface area contributed by atoms with Crippen LogP contribution in [0.3, 0.4) is 0 Å². The van der Waals surface area contributed by atoms with Crippen LogP contribution >= 0.6 is 11.8 Å². The molecule has 0 radical (unpaired) electrons. The average Bonchev–Trinajstić information content (AvgIpc) is 3.21. The molecule has 126 valence electrons. The van der Waals surface area contributed by atoms with Gasteiger partial charge in [-0.3, -0.25) is 14.3 Å². The highest BCUT2D eigenvalue weighted by atomic mass is 32.2. The maximum absolute atomic E-state index is 12.7. The molecule has 0 unspecified atom stereocenters. The third kappa shape index (κ3) is 3.88. The van der Waals surface area contributed by atoms with Crippen LogP contribution in [0.5, 0.6) is 0 Å². The van der Waals surface area contributed by atoms with Crippen molar-refractivity contribution in [3.05, 3.63) is 18.0 Å². The Balaban J connectivity index is 1.56. The Morgan fingerprint density at radius 2 is 2.09 bits per heavy atom. The maximum atomic E-state index is 12.7. The summed E-state index contributed by atoms with van der Waals surface area (Å²) in [5.74, 6) is 2.22. The molecule has 3 rings (SSSR count). The molecule has 0 aromatic carbocycles. The van der Waals surface area contributed by atoms with Crippen LogP contribution in [0, 0.1) is 6.92 Å². The SMILES string of the molecule is Cc1cnn(CCC(=O)N2CCC[C@H]2C(=O)N2CCSCC2)c1. The predicted octanol–water partition coefficient (Wildman–Crippen LogP) is 1.15. The lowest BCUT2D eigenvalue weighted by Crippen LogP contribution is -2.50. The van der Waals surface area contributed by atoms with E-state index in [9.17, 15) is 9.59 Å². The Hall–Kier alpha value is -1.50. The van der Waals surface area contributed by atoms with Crippen molar-refractivity contribution >= 4 is 23.6 Å². The second kappa shape index (κ2) is 7.38. The quantitative estimate of drug-likeness (QED) is 0.828. The molecule has 1 aromatic rings. The van der Waals surface area contributed by atoms with Crippen molar-refractivity contribution in [2.45, 2.75) is 38.8 Å². The Bertz CT molecular complexity index is 568. The number of rotatable bonds is 4. The Morgan fingerprint density at radius 1 is 1.30 bits per heavy atom. The zero-order valence-corrected chi connectivity index (χ0v) is 14.4. The molecule has 1 aromatic heterocycles. The van der Waals surface area contributed by atoms with Crippen LogP contribution in [0.1, 0.15) is 24.8 Å². The molecule has 0 saturated carbocycles. The van der Waals surface area contributed by atoms with Crippen LogP contribution < -0.4 is 0 Å².